The molecule has 0 saturated carbocycles. The number of imidazole rings is 1. The van der Waals surface area contributed by atoms with E-state index < -0.39 is 18.0 Å². The van der Waals surface area contributed by atoms with Crippen LogP contribution in [-0.2, 0) is 10.9 Å². The molecule has 5 heterocycles. The van der Waals surface area contributed by atoms with Gasteiger partial charge >= 0.3 is 6.18 Å². The smallest absolute Gasteiger partial charge is 0.362 e. The van der Waals surface area contributed by atoms with Gasteiger partial charge < -0.3 is 14.2 Å². The van der Waals surface area contributed by atoms with Crippen LogP contribution in [0.15, 0.2) is 41.2 Å². The van der Waals surface area contributed by atoms with Crippen LogP contribution in [0.25, 0.3) is 16.9 Å². The van der Waals surface area contributed by atoms with Crippen molar-refractivity contribution in [1.29, 1.82) is 0 Å². The van der Waals surface area contributed by atoms with Crippen LogP contribution in [0.1, 0.15) is 30.4 Å². The van der Waals surface area contributed by atoms with E-state index in [1.54, 1.807) is 25.3 Å². The third kappa shape index (κ3) is 3.77. The first-order valence-corrected chi connectivity index (χ1v) is 9.87. The van der Waals surface area contributed by atoms with Gasteiger partial charge in [-0.05, 0) is 38.1 Å². The molecule has 4 aromatic heterocycles. The average Bonchev–Trinajstić information content (AvgIpc) is 3.38. The Bertz CT molecular complexity index is 1270. The van der Waals surface area contributed by atoms with E-state index in [1.165, 1.54) is 16.8 Å². The van der Waals surface area contributed by atoms with Crippen molar-refractivity contribution in [3.8, 4) is 11.3 Å². The summed E-state index contributed by atoms with van der Waals surface area (Å²) in [6.07, 6.45) is -2.00. The molecule has 4 aromatic rings. The zero-order valence-electron chi connectivity index (χ0n) is 17.1. The summed E-state index contributed by atoms with van der Waals surface area (Å²) in [5, 5.41) is 7.56. The summed E-state index contributed by atoms with van der Waals surface area (Å²) in [6.45, 7) is 4.67. The summed E-state index contributed by atoms with van der Waals surface area (Å²) >= 11 is 0. The largest absolute Gasteiger partial charge is 0.435 e. The maximum atomic E-state index is 13.1. The number of rotatable bonds is 3. The predicted octanol–water partition coefficient (Wildman–Crippen LogP) is 3.47. The van der Waals surface area contributed by atoms with Gasteiger partial charge in [-0.3, -0.25) is 0 Å². The quantitative estimate of drug-likeness (QED) is 0.473. The minimum atomic E-state index is -4.55. The molecule has 0 radical (unpaired) electrons. The molecule has 12 heteroatoms. The molecule has 2 atom stereocenters. The van der Waals surface area contributed by atoms with Gasteiger partial charge in [0, 0.05) is 18.3 Å². The lowest BCUT2D eigenvalue weighted by molar-refractivity contribution is -0.141. The van der Waals surface area contributed by atoms with Crippen LogP contribution in [0.3, 0.4) is 0 Å². The SMILES string of the molecule is Cc1noc([C@@H]2CN(c3cc(-c4cnc5ccc(C(F)(F)F)nn45)ccn3)C[C@H](C)O2)n1. The maximum absolute atomic E-state index is 13.1. The first-order valence-electron chi connectivity index (χ1n) is 9.87. The van der Waals surface area contributed by atoms with Crippen LogP contribution in [0.2, 0.25) is 0 Å². The zero-order valence-corrected chi connectivity index (χ0v) is 17.1. The van der Waals surface area contributed by atoms with Gasteiger partial charge in [0.25, 0.3) is 5.89 Å². The highest BCUT2D eigenvalue weighted by atomic mass is 19.4. The number of alkyl halides is 3. The van der Waals surface area contributed by atoms with E-state index in [0.717, 1.165) is 6.07 Å². The number of hydrogen-bond acceptors (Lipinski definition) is 8. The molecule has 1 aliphatic heterocycles. The molecule has 0 aromatic carbocycles. The van der Waals surface area contributed by atoms with Crippen molar-refractivity contribution in [2.45, 2.75) is 32.2 Å². The van der Waals surface area contributed by atoms with Crippen LogP contribution in [0, 0.1) is 6.92 Å². The highest BCUT2D eigenvalue weighted by molar-refractivity contribution is 5.66. The zero-order chi connectivity index (χ0) is 22.5. The number of nitrogens with zero attached hydrogens (tertiary/aromatic N) is 7. The Labute approximate surface area is 179 Å². The third-order valence-electron chi connectivity index (χ3n) is 5.10. The second-order valence-corrected chi connectivity index (χ2v) is 7.55. The minimum absolute atomic E-state index is 0.127. The Morgan fingerprint density at radius 1 is 1.12 bits per heavy atom. The standard InChI is InChI=1S/C20H18F3N7O2/c1-11-9-29(10-15(31-11)19-26-12(2)28-32-19)18-7-13(5-6-24-18)14-8-25-17-4-3-16(20(21,22)23)27-30(14)17/h3-8,11,15H,9-10H2,1-2H3/t11-,15-/m0/s1. The Hall–Kier alpha value is -3.54. The third-order valence-corrected chi connectivity index (χ3v) is 5.10. The molecular formula is C20H18F3N7O2. The van der Waals surface area contributed by atoms with E-state index in [1.807, 2.05) is 11.8 Å². The van der Waals surface area contributed by atoms with E-state index in [9.17, 15) is 13.2 Å². The van der Waals surface area contributed by atoms with Gasteiger partial charge in [-0.25, -0.2) is 14.5 Å². The van der Waals surface area contributed by atoms with Crippen molar-refractivity contribution < 1.29 is 22.4 Å². The number of halogens is 3. The van der Waals surface area contributed by atoms with Crippen molar-refractivity contribution in [2.24, 2.45) is 0 Å². The van der Waals surface area contributed by atoms with Crippen LogP contribution in [0.5, 0.6) is 0 Å². The molecule has 0 amide bonds. The highest BCUT2D eigenvalue weighted by Crippen LogP contribution is 2.31. The van der Waals surface area contributed by atoms with Gasteiger partial charge in [0.15, 0.2) is 23.3 Å². The van der Waals surface area contributed by atoms with Gasteiger partial charge in [-0.2, -0.15) is 23.3 Å². The maximum Gasteiger partial charge on any atom is 0.435 e. The topological polar surface area (TPSA) is 94.5 Å². The van der Waals surface area contributed by atoms with Gasteiger partial charge in [-0.1, -0.05) is 5.16 Å². The molecule has 0 bridgehead atoms. The molecule has 1 saturated heterocycles. The predicted molar refractivity (Wildman–Crippen MR) is 106 cm³/mol. The van der Waals surface area contributed by atoms with Crippen LogP contribution in [-0.4, -0.2) is 48.9 Å². The normalized spacial score (nSPS) is 19.6. The van der Waals surface area contributed by atoms with Gasteiger partial charge in [0.2, 0.25) is 0 Å². The summed E-state index contributed by atoms with van der Waals surface area (Å²) in [5.74, 6) is 1.55. The number of fused-ring (bicyclic) bond motifs is 1. The van der Waals surface area contributed by atoms with Crippen LogP contribution in [0.4, 0.5) is 19.0 Å². The number of aromatic nitrogens is 6. The van der Waals surface area contributed by atoms with Crippen molar-refractivity contribution in [3.05, 3.63) is 54.1 Å². The molecular weight excluding hydrogens is 427 g/mol. The van der Waals surface area contributed by atoms with Crippen molar-refractivity contribution >= 4 is 11.5 Å². The van der Waals surface area contributed by atoms with E-state index in [-0.39, 0.29) is 6.10 Å². The van der Waals surface area contributed by atoms with Crippen molar-refractivity contribution in [2.75, 3.05) is 18.0 Å². The van der Waals surface area contributed by atoms with E-state index in [2.05, 4.69) is 25.2 Å². The number of pyridine rings is 1. The molecule has 0 aliphatic carbocycles. The summed E-state index contributed by atoms with van der Waals surface area (Å²) in [4.78, 5) is 14.9. The average molecular weight is 445 g/mol. The van der Waals surface area contributed by atoms with Gasteiger partial charge in [-0.15, -0.1) is 0 Å². The Balaban J connectivity index is 1.48. The molecule has 1 aliphatic rings. The Morgan fingerprint density at radius 3 is 2.72 bits per heavy atom. The molecule has 5 rings (SSSR count). The molecule has 0 N–H and O–H groups in total. The molecule has 9 nitrogen and oxygen atoms in total. The summed E-state index contributed by atoms with van der Waals surface area (Å²) < 4.78 is 51.8. The van der Waals surface area contributed by atoms with E-state index in [0.29, 0.717) is 47.5 Å². The fraction of sp³-hybridized carbons (Fsp3) is 0.350. The fourth-order valence-electron chi connectivity index (χ4n) is 3.69. The van der Waals surface area contributed by atoms with Crippen molar-refractivity contribution in [1.82, 2.24) is 29.7 Å². The number of morpholine rings is 1. The van der Waals surface area contributed by atoms with Crippen LogP contribution < -0.4 is 4.90 Å². The number of anilines is 1. The molecule has 1 fully saturated rings. The molecule has 166 valence electrons. The minimum Gasteiger partial charge on any atom is -0.362 e. The lowest BCUT2D eigenvalue weighted by atomic mass is 10.1. The highest BCUT2D eigenvalue weighted by Gasteiger charge is 2.34. The lowest BCUT2D eigenvalue weighted by Gasteiger charge is -2.36. The molecule has 0 spiro atoms. The summed E-state index contributed by atoms with van der Waals surface area (Å²) in [7, 11) is 0. The molecule has 32 heavy (non-hydrogen) atoms. The Kier molecular flexibility index (Phi) is 4.81. The number of hydrogen-bond donors (Lipinski definition) is 0. The second kappa shape index (κ2) is 7.55. The fourth-order valence-corrected chi connectivity index (χ4v) is 3.69. The van der Waals surface area contributed by atoms with Crippen LogP contribution >= 0.6 is 0 Å². The number of aryl methyl sites for hydroxylation is 1. The monoisotopic (exact) mass is 445 g/mol. The lowest BCUT2D eigenvalue weighted by Crippen LogP contribution is -2.43. The summed E-state index contributed by atoms with van der Waals surface area (Å²) in [6, 6.07) is 5.71. The van der Waals surface area contributed by atoms with Gasteiger partial charge in [0.1, 0.15) is 5.82 Å². The first-order chi connectivity index (χ1) is 15.3. The van der Waals surface area contributed by atoms with E-state index >= 15 is 0 Å². The Morgan fingerprint density at radius 2 is 1.97 bits per heavy atom. The van der Waals surface area contributed by atoms with Gasteiger partial charge in [0.05, 0.1) is 24.5 Å². The molecule has 0 unspecified atom stereocenters. The van der Waals surface area contributed by atoms with E-state index in [4.69, 9.17) is 9.26 Å². The first kappa shape index (κ1) is 20.4. The number of ether oxygens (including phenoxy) is 1. The van der Waals surface area contributed by atoms with Crippen molar-refractivity contribution in [3.63, 3.8) is 0 Å². The second-order valence-electron chi connectivity index (χ2n) is 7.55. The summed E-state index contributed by atoms with van der Waals surface area (Å²) in [5.41, 5.74) is 0.398.